The molecule has 0 atom stereocenters. The molecule has 0 radical (unpaired) electrons. The topological polar surface area (TPSA) is 21.7 Å². The van der Waals surface area contributed by atoms with E-state index in [9.17, 15) is 4.39 Å². The van der Waals surface area contributed by atoms with Crippen LogP contribution < -0.4 is 9.47 Å². The highest BCUT2D eigenvalue weighted by molar-refractivity contribution is 5.66. The van der Waals surface area contributed by atoms with Crippen LogP contribution in [0.2, 0.25) is 0 Å². The van der Waals surface area contributed by atoms with E-state index >= 15 is 0 Å². The normalized spacial score (nSPS) is 17.2. The van der Waals surface area contributed by atoms with Gasteiger partial charge in [-0.25, -0.2) is 4.39 Å². The molecule has 2 aliphatic heterocycles. The monoisotopic (exact) mass is 311 g/mol. The van der Waals surface area contributed by atoms with Crippen LogP contribution in [0.4, 0.5) is 4.39 Å². The van der Waals surface area contributed by atoms with E-state index in [0.717, 1.165) is 43.1 Å². The molecule has 3 nitrogen and oxygen atoms in total. The molecule has 0 unspecified atom stereocenters. The number of benzene rings is 2. The summed E-state index contributed by atoms with van der Waals surface area (Å²) in [6.45, 7) is 3.02. The van der Waals surface area contributed by atoms with Crippen LogP contribution in [0.25, 0.3) is 5.57 Å². The van der Waals surface area contributed by atoms with Crippen molar-refractivity contribution in [2.24, 2.45) is 0 Å². The Bertz CT molecular complexity index is 740. The van der Waals surface area contributed by atoms with Gasteiger partial charge in [-0.2, -0.15) is 0 Å². The number of para-hydroxylation sites is 1. The molecule has 0 spiro atoms. The minimum atomic E-state index is -0.188. The first kappa shape index (κ1) is 14.3. The zero-order valence-electron chi connectivity index (χ0n) is 12.8. The smallest absolute Gasteiger partial charge is 0.231 e. The number of halogens is 1. The summed E-state index contributed by atoms with van der Waals surface area (Å²) in [5.41, 5.74) is 3.57. The van der Waals surface area contributed by atoms with Crippen LogP contribution in [0.5, 0.6) is 11.5 Å². The molecule has 2 aliphatic rings. The van der Waals surface area contributed by atoms with E-state index in [1.165, 1.54) is 23.3 Å². The number of ether oxygens (including phenoxy) is 2. The Labute approximate surface area is 134 Å². The largest absolute Gasteiger partial charge is 0.454 e. The predicted octanol–water partition coefficient (Wildman–Crippen LogP) is 3.84. The van der Waals surface area contributed by atoms with Crippen molar-refractivity contribution in [2.75, 3.05) is 19.9 Å². The van der Waals surface area contributed by atoms with Crippen molar-refractivity contribution in [3.05, 3.63) is 65.5 Å². The Kier molecular flexibility index (Phi) is 3.75. The standard InChI is InChI=1S/C19H18FNO2/c20-17-6-4-14(5-7-17)15-8-10-21(11-9-15)12-16-2-1-3-18-19(16)23-13-22-18/h1-8H,9-13H2. The Morgan fingerprint density at radius 3 is 2.70 bits per heavy atom. The molecule has 0 fully saturated rings. The van der Waals surface area contributed by atoms with Crippen LogP contribution in [-0.2, 0) is 6.54 Å². The highest BCUT2D eigenvalue weighted by Gasteiger charge is 2.20. The zero-order valence-corrected chi connectivity index (χ0v) is 12.8. The second kappa shape index (κ2) is 6.05. The lowest BCUT2D eigenvalue weighted by molar-refractivity contribution is 0.172. The molecule has 0 aliphatic carbocycles. The lowest BCUT2D eigenvalue weighted by atomic mass is 9.99. The molecule has 0 amide bonds. The van der Waals surface area contributed by atoms with Gasteiger partial charge in [-0.15, -0.1) is 0 Å². The van der Waals surface area contributed by atoms with E-state index in [0.29, 0.717) is 6.79 Å². The van der Waals surface area contributed by atoms with E-state index in [1.54, 1.807) is 0 Å². The van der Waals surface area contributed by atoms with Crippen molar-refractivity contribution in [3.63, 3.8) is 0 Å². The van der Waals surface area contributed by atoms with Crippen LogP contribution in [0.1, 0.15) is 17.5 Å². The van der Waals surface area contributed by atoms with Gasteiger partial charge in [-0.05, 0) is 35.8 Å². The van der Waals surface area contributed by atoms with Gasteiger partial charge >= 0.3 is 0 Å². The van der Waals surface area contributed by atoms with Gasteiger partial charge in [-0.3, -0.25) is 4.90 Å². The molecule has 4 heteroatoms. The van der Waals surface area contributed by atoms with Crippen molar-refractivity contribution < 1.29 is 13.9 Å². The summed E-state index contributed by atoms with van der Waals surface area (Å²) in [5.74, 6) is 1.52. The fourth-order valence-corrected chi connectivity index (χ4v) is 3.14. The third kappa shape index (κ3) is 2.94. The molecular formula is C19H18FNO2. The lowest BCUT2D eigenvalue weighted by Crippen LogP contribution is -2.28. The highest BCUT2D eigenvalue weighted by Crippen LogP contribution is 2.36. The van der Waals surface area contributed by atoms with Gasteiger partial charge in [0.15, 0.2) is 11.5 Å². The molecule has 2 heterocycles. The number of rotatable bonds is 3. The van der Waals surface area contributed by atoms with Crippen molar-refractivity contribution in [2.45, 2.75) is 13.0 Å². The Morgan fingerprint density at radius 1 is 1.04 bits per heavy atom. The SMILES string of the molecule is Fc1ccc(C2=CCN(Cc3cccc4c3OCO4)CC2)cc1. The van der Waals surface area contributed by atoms with Gasteiger partial charge in [0.05, 0.1) is 0 Å². The maximum Gasteiger partial charge on any atom is 0.231 e. The summed E-state index contributed by atoms with van der Waals surface area (Å²) in [6.07, 6.45) is 3.20. The first-order chi connectivity index (χ1) is 11.3. The van der Waals surface area contributed by atoms with Crippen LogP contribution in [-0.4, -0.2) is 24.8 Å². The van der Waals surface area contributed by atoms with Crippen molar-refractivity contribution >= 4 is 5.57 Å². The molecule has 0 saturated carbocycles. The summed E-state index contributed by atoms with van der Waals surface area (Å²) < 4.78 is 24.0. The minimum absolute atomic E-state index is 0.188. The number of fused-ring (bicyclic) bond motifs is 1. The van der Waals surface area contributed by atoms with Crippen molar-refractivity contribution in [1.29, 1.82) is 0 Å². The second-order valence-electron chi connectivity index (χ2n) is 5.87. The Morgan fingerprint density at radius 2 is 1.91 bits per heavy atom. The molecule has 4 rings (SSSR count). The summed E-state index contributed by atoms with van der Waals surface area (Å²) in [6, 6.07) is 12.8. The predicted molar refractivity (Wildman–Crippen MR) is 86.8 cm³/mol. The molecule has 0 saturated heterocycles. The van der Waals surface area contributed by atoms with Crippen LogP contribution in [0, 0.1) is 5.82 Å². The molecule has 0 aromatic heterocycles. The average molecular weight is 311 g/mol. The van der Waals surface area contributed by atoms with E-state index in [4.69, 9.17) is 9.47 Å². The Balaban J connectivity index is 1.45. The first-order valence-corrected chi connectivity index (χ1v) is 7.84. The number of hydrogen-bond acceptors (Lipinski definition) is 3. The molecular weight excluding hydrogens is 293 g/mol. The second-order valence-corrected chi connectivity index (χ2v) is 5.87. The maximum atomic E-state index is 13.0. The van der Waals surface area contributed by atoms with Crippen LogP contribution in [0.15, 0.2) is 48.5 Å². The summed E-state index contributed by atoms with van der Waals surface area (Å²) in [4.78, 5) is 2.38. The quantitative estimate of drug-likeness (QED) is 0.859. The minimum Gasteiger partial charge on any atom is -0.454 e. The van der Waals surface area contributed by atoms with Gasteiger partial charge in [0.1, 0.15) is 5.82 Å². The molecule has 0 N–H and O–H groups in total. The Hall–Kier alpha value is -2.33. The molecule has 0 bridgehead atoms. The average Bonchev–Trinajstić information content (AvgIpc) is 3.06. The van der Waals surface area contributed by atoms with E-state index < -0.39 is 0 Å². The lowest BCUT2D eigenvalue weighted by Gasteiger charge is -2.26. The van der Waals surface area contributed by atoms with E-state index in [1.807, 2.05) is 24.3 Å². The number of hydrogen-bond donors (Lipinski definition) is 0. The number of nitrogens with zero attached hydrogens (tertiary/aromatic N) is 1. The van der Waals surface area contributed by atoms with Gasteiger partial charge in [0.25, 0.3) is 0 Å². The van der Waals surface area contributed by atoms with Crippen molar-refractivity contribution in [1.82, 2.24) is 4.90 Å². The van der Waals surface area contributed by atoms with Crippen LogP contribution in [0.3, 0.4) is 0 Å². The highest BCUT2D eigenvalue weighted by atomic mass is 19.1. The van der Waals surface area contributed by atoms with Gasteiger partial charge < -0.3 is 9.47 Å². The fraction of sp³-hybridized carbons (Fsp3) is 0.263. The summed E-state index contributed by atoms with van der Waals surface area (Å²) in [5, 5.41) is 0. The zero-order chi connectivity index (χ0) is 15.6. The first-order valence-electron chi connectivity index (χ1n) is 7.84. The third-order valence-corrected chi connectivity index (χ3v) is 4.38. The van der Waals surface area contributed by atoms with Gasteiger partial charge in [-0.1, -0.05) is 30.3 Å². The van der Waals surface area contributed by atoms with Gasteiger partial charge in [0.2, 0.25) is 6.79 Å². The van der Waals surface area contributed by atoms with E-state index in [2.05, 4.69) is 17.0 Å². The molecule has 23 heavy (non-hydrogen) atoms. The van der Waals surface area contributed by atoms with Crippen molar-refractivity contribution in [3.8, 4) is 11.5 Å². The summed E-state index contributed by atoms with van der Waals surface area (Å²) in [7, 11) is 0. The third-order valence-electron chi connectivity index (χ3n) is 4.38. The summed E-state index contributed by atoms with van der Waals surface area (Å²) >= 11 is 0. The molecule has 118 valence electrons. The molecule has 2 aromatic carbocycles. The van der Waals surface area contributed by atoms with Gasteiger partial charge in [0, 0.05) is 25.2 Å². The van der Waals surface area contributed by atoms with E-state index in [-0.39, 0.29) is 5.82 Å². The maximum absolute atomic E-state index is 13.0. The van der Waals surface area contributed by atoms with Crippen LogP contribution >= 0.6 is 0 Å². The molecule has 2 aromatic rings. The fourth-order valence-electron chi connectivity index (χ4n) is 3.14.